The van der Waals surface area contributed by atoms with E-state index in [0.717, 1.165) is 12.0 Å². The normalized spacial score (nSPS) is 11.9. The van der Waals surface area contributed by atoms with Crippen LogP contribution in [0.2, 0.25) is 0 Å². The molecular weight excluding hydrogens is 280 g/mol. The van der Waals surface area contributed by atoms with Crippen molar-refractivity contribution in [3.8, 4) is 11.4 Å². The molecule has 0 aliphatic rings. The second-order valence-electron chi connectivity index (χ2n) is 4.92. The molecule has 0 saturated heterocycles. The average molecular weight is 300 g/mol. The van der Waals surface area contributed by atoms with E-state index in [0.29, 0.717) is 23.8 Å². The number of nitrogens with one attached hydrogen (secondary N) is 1. The number of methoxy groups -OCH3 is 1. The topological polar surface area (TPSA) is 90.1 Å². The molecule has 6 nitrogen and oxygen atoms in total. The van der Waals surface area contributed by atoms with Gasteiger partial charge in [-0.3, -0.25) is 4.79 Å². The minimum absolute atomic E-state index is 0.00873. The summed E-state index contributed by atoms with van der Waals surface area (Å²) in [7, 11) is 1.62. The number of anilines is 1. The summed E-state index contributed by atoms with van der Waals surface area (Å²) in [6.45, 7) is 2.50. The number of hydrogen-bond acceptors (Lipinski definition) is 5. The van der Waals surface area contributed by atoms with Crippen LogP contribution in [0.3, 0.4) is 0 Å². The largest absolute Gasteiger partial charge is 0.384 e. The highest BCUT2D eigenvalue weighted by atomic mass is 16.5. The Morgan fingerprint density at radius 3 is 2.64 bits per heavy atom. The van der Waals surface area contributed by atoms with Gasteiger partial charge in [0, 0.05) is 24.4 Å². The smallest absolute Gasteiger partial charge is 0.251 e. The van der Waals surface area contributed by atoms with Crippen LogP contribution < -0.4 is 11.1 Å². The van der Waals surface area contributed by atoms with Crippen molar-refractivity contribution < 1.29 is 9.53 Å². The van der Waals surface area contributed by atoms with E-state index in [2.05, 4.69) is 15.3 Å². The first-order chi connectivity index (χ1) is 10.6. The molecule has 3 N–H and O–H groups in total. The van der Waals surface area contributed by atoms with Crippen molar-refractivity contribution >= 4 is 11.7 Å². The molecule has 0 spiro atoms. The van der Waals surface area contributed by atoms with E-state index in [1.165, 1.54) is 0 Å². The summed E-state index contributed by atoms with van der Waals surface area (Å²) in [5, 5.41) is 2.94. The van der Waals surface area contributed by atoms with Gasteiger partial charge in [0.05, 0.1) is 12.6 Å². The lowest BCUT2D eigenvalue weighted by Crippen LogP contribution is -2.37. The first kappa shape index (κ1) is 15.9. The summed E-state index contributed by atoms with van der Waals surface area (Å²) in [5.74, 6) is 0.832. The molecule has 22 heavy (non-hydrogen) atoms. The number of carbonyl (C=O) groups excluding carboxylic acids is 1. The zero-order valence-corrected chi connectivity index (χ0v) is 12.7. The lowest BCUT2D eigenvalue weighted by Gasteiger charge is -2.15. The van der Waals surface area contributed by atoms with Crippen LogP contribution in [-0.4, -0.2) is 35.6 Å². The lowest BCUT2D eigenvalue weighted by atomic mass is 10.1. The van der Waals surface area contributed by atoms with Crippen LogP contribution in [0.5, 0.6) is 0 Å². The van der Waals surface area contributed by atoms with Crippen LogP contribution in [0.25, 0.3) is 11.4 Å². The third-order valence-electron chi connectivity index (χ3n) is 3.28. The SMILES string of the molecule is CCC(COC)NC(=O)c1ccc(-c2nccc(N)n2)cc1. The van der Waals surface area contributed by atoms with E-state index in [9.17, 15) is 4.79 Å². The Labute approximate surface area is 129 Å². The Balaban J connectivity index is 2.10. The van der Waals surface area contributed by atoms with Gasteiger partial charge in [0.1, 0.15) is 5.82 Å². The minimum Gasteiger partial charge on any atom is -0.384 e. The number of ether oxygens (including phenoxy) is 1. The highest BCUT2D eigenvalue weighted by Crippen LogP contribution is 2.16. The number of rotatable bonds is 6. The standard InChI is InChI=1S/C16H20N4O2/c1-3-13(10-22-2)19-16(21)12-6-4-11(5-7-12)15-18-9-8-14(17)20-15/h4-9,13H,3,10H2,1-2H3,(H,19,21)(H2,17,18,20). The van der Waals surface area contributed by atoms with E-state index >= 15 is 0 Å². The van der Waals surface area contributed by atoms with Crippen LogP contribution in [0, 0.1) is 0 Å². The van der Waals surface area contributed by atoms with E-state index < -0.39 is 0 Å². The van der Waals surface area contributed by atoms with Crippen LogP contribution in [0.1, 0.15) is 23.7 Å². The summed E-state index contributed by atoms with van der Waals surface area (Å²) in [6.07, 6.45) is 2.42. The van der Waals surface area contributed by atoms with Gasteiger partial charge in [-0.2, -0.15) is 0 Å². The molecule has 116 valence electrons. The second-order valence-corrected chi connectivity index (χ2v) is 4.92. The van der Waals surface area contributed by atoms with Gasteiger partial charge in [-0.15, -0.1) is 0 Å². The third-order valence-corrected chi connectivity index (χ3v) is 3.28. The molecule has 1 unspecified atom stereocenters. The molecule has 0 fully saturated rings. The zero-order chi connectivity index (χ0) is 15.9. The number of aromatic nitrogens is 2. The summed E-state index contributed by atoms with van der Waals surface area (Å²) in [5.41, 5.74) is 7.04. The fourth-order valence-corrected chi connectivity index (χ4v) is 2.01. The summed E-state index contributed by atoms with van der Waals surface area (Å²) < 4.78 is 5.08. The average Bonchev–Trinajstić information content (AvgIpc) is 2.54. The molecule has 1 heterocycles. The van der Waals surface area contributed by atoms with Crippen molar-refractivity contribution in [3.63, 3.8) is 0 Å². The van der Waals surface area contributed by atoms with Crippen LogP contribution in [-0.2, 0) is 4.74 Å². The van der Waals surface area contributed by atoms with Gasteiger partial charge < -0.3 is 15.8 Å². The first-order valence-corrected chi connectivity index (χ1v) is 7.12. The fourth-order valence-electron chi connectivity index (χ4n) is 2.01. The molecule has 0 aliphatic carbocycles. The number of nitrogens with two attached hydrogens (primary N) is 1. The van der Waals surface area contributed by atoms with Gasteiger partial charge in [-0.25, -0.2) is 9.97 Å². The molecule has 0 bridgehead atoms. The second kappa shape index (κ2) is 7.51. The molecular formula is C16H20N4O2. The Hall–Kier alpha value is -2.47. The third kappa shape index (κ3) is 4.02. The Morgan fingerprint density at radius 1 is 1.32 bits per heavy atom. The van der Waals surface area contributed by atoms with Crippen LogP contribution in [0.4, 0.5) is 5.82 Å². The zero-order valence-electron chi connectivity index (χ0n) is 12.7. The van der Waals surface area contributed by atoms with Gasteiger partial charge in [0.25, 0.3) is 5.91 Å². The van der Waals surface area contributed by atoms with Crippen molar-refractivity contribution in [1.29, 1.82) is 0 Å². The maximum absolute atomic E-state index is 12.2. The quantitative estimate of drug-likeness (QED) is 0.850. The predicted octanol–water partition coefficient (Wildman–Crippen LogP) is 1.88. The number of nitrogens with zero attached hydrogens (tertiary/aromatic N) is 2. The first-order valence-electron chi connectivity index (χ1n) is 7.12. The fraction of sp³-hybridized carbons (Fsp3) is 0.312. The van der Waals surface area contributed by atoms with Crippen molar-refractivity contribution in [2.75, 3.05) is 19.5 Å². The van der Waals surface area contributed by atoms with E-state index in [1.54, 1.807) is 43.6 Å². The summed E-state index contributed by atoms with van der Waals surface area (Å²) in [6, 6.07) is 8.75. The van der Waals surface area contributed by atoms with Gasteiger partial charge in [-0.1, -0.05) is 19.1 Å². The Morgan fingerprint density at radius 2 is 2.05 bits per heavy atom. The highest BCUT2D eigenvalue weighted by Gasteiger charge is 2.12. The molecule has 1 aromatic heterocycles. The maximum atomic E-state index is 12.2. The molecule has 2 rings (SSSR count). The van der Waals surface area contributed by atoms with Crippen molar-refractivity contribution in [1.82, 2.24) is 15.3 Å². The predicted molar refractivity (Wildman–Crippen MR) is 85.3 cm³/mol. The number of amides is 1. The molecule has 2 aromatic rings. The lowest BCUT2D eigenvalue weighted by molar-refractivity contribution is 0.0894. The van der Waals surface area contributed by atoms with E-state index in [1.807, 2.05) is 6.92 Å². The van der Waals surface area contributed by atoms with Crippen LogP contribution >= 0.6 is 0 Å². The van der Waals surface area contributed by atoms with Crippen LogP contribution in [0.15, 0.2) is 36.5 Å². The number of carbonyl (C=O) groups is 1. The van der Waals surface area contributed by atoms with Gasteiger partial charge >= 0.3 is 0 Å². The van der Waals surface area contributed by atoms with Crippen molar-refractivity contribution in [2.45, 2.75) is 19.4 Å². The van der Waals surface area contributed by atoms with E-state index in [4.69, 9.17) is 10.5 Å². The molecule has 1 aromatic carbocycles. The van der Waals surface area contributed by atoms with E-state index in [-0.39, 0.29) is 11.9 Å². The van der Waals surface area contributed by atoms with Gasteiger partial charge in [0.15, 0.2) is 5.82 Å². The van der Waals surface area contributed by atoms with Gasteiger partial charge in [-0.05, 0) is 24.6 Å². The number of nitrogen functional groups attached to an aromatic ring is 1. The Bertz CT molecular complexity index is 628. The molecule has 6 heteroatoms. The highest BCUT2D eigenvalue weighted by molar-refractivity contribution is 5.94. The Kier molecular flexibility index (Phi) is 5.43. The summed E-state index contributed by atoms with van der Waals surface area (Å²) in [4.78, 5) is 20.5. The molecule has 0 saturated carbocycles. The van der Waals surface area contributed by atoms with Crippen molar-refractivity contribution in [3.05, 3.63) is 42.1 Å². The maximum Gasteiger partial charge on any atom is 0.251 e. The molecule has 1 atom stereocenters. The monoisotopic (exact) mass is 300 g/mol. The molecule has 0 radical (unpaired) electrons. The minimum atomic E-state index is -0.121. The number of benzene rings is 1. The molecule has 0 aliphatic heterocycles. The molecule has 1 amide bonds. The number of hydrogen-bond donors (Lipinski definition) is 2. The summed E-state index contributed by atoms with van der Waals surface area (Å²) >= 11 is 0. The van der Waals surface area contributed by atoms with Gasteiger partial charge in [0.2, 0.25) is 0 Å². The van der Waals surface area contributed by atoms with Crippen molar-refractivity contribution in [2.24, 2.45) is 0 Å².